The number of carbonyl (C=O) groups excluding carboxylic acids is 2. The summed E-state index contributed by atoms with van der Waals surface area (Å²) < 4.78 is 0. The van der Waals surface area contributed by atoms with E-state index in [0.717, 1.165) is 19.4 Å². The molecule has 0 unspecified atom stereocenters. The molecule has 2 fully saturated rings. The topological polar surface area (TPSA) is 40.6 Å². The largest absolute Gasteiger partial charge is 0.338 e. The summed E-state index contributed by atoms with van der Waals surface area (Å²) in [4.78, 5) is 27.3. The van der Waals surface area contributed by atoms with E-state index in [9.17, 15) is 9.59 Å². The lowest BCUT2D eigenvalue weighted by Gasteiger charge is -2.29. The molecule has 5 heteroatoms. The van der Waals surface area contributed by atoms with Gasteiger partial charge in [-0.25, -0.2) is 0 Å². The number of likely N-dealkylation sites (N-methyl/N-ethyl adjacent to an activating group) is 1. The minimum atomic E-state index is 0.103. The minimum absolute atomic E-state index is 0.103. The summed E-state index contributed by atoms with van der Waals surface area (Å²) in [5.41, 5.74) is 0. The fourth-order valence-corrected chi connectivity index (χ4v) is 3.55. The van der Waals surface area contributed by atoms with Gasteiger partial charge in [-0.05, 0) is 19.8 Å². The number of thioether (sulfide) groups is 1. The molecule has 0 aromatic carbocycles. The number of hydrogen-bond acceptors (Lipinski definition) is 3. The average Bonchev–Trinajstić information content (AvgIpc) is 2.93. The Morgan fingerprint density at radius 1 is 1.47 bits per heavy atom. The van der Waals surface area contributed by atoms with E-state index in [1.54, 1.807) is 16.7 Å². The lowest BCUT2D eigenvalue weighted by Crippen LogP contribution is -2.45. The van der Waals surface area contributed by atoms with E-state index < -0.39 is 0 Å². The van der Waals surface area contributed by atoms with Crippen molar-refractivity contribution in [2.45, 2.75) is 38.6 Å². The molecule has 1 saturated heterocycles. The molecule has 0 atom stereocenters. The Balaban J connectivity index is 1.90. The van der Waals surface area contributed by atoms with E-state index in [0.29, 0.717) is 17.7 Å². The van der Waals surface area contributed by atoms with E-state index in [1.165, 1.54) is 12.8 Å². The Bertz CT molecular complexity index is 303. The van der Waals surface area contributed by atoms with Gasteiger partial charge in [0.15, 0.2) is 0 Å². The summed E-state index contributed by atoms with van der Waals surface area (Å²) in [6.45, 7) is 3.06. The molecule has 0 radical (unpaired) electrons. The molecule has 96 valence electrons. The first kappa shape index (κ1) is 12.7. The van der Waals surface area contributed by atoms with Crippen LogP contribution in [0.25, 0.3) is 0 Å². The lowest BCUT2D eigenvalue weighted by atomic mass is 10.2. The van der Waals surface area contributed by atoms with Gasteiger partial charge in [-0.15, -0.1) is 11.8 Å². The monoisotopic (exact) mass is 256 g/mol. The smallest absolute Gasteiger partial charge is 0.242 e. The van der Waals surface area contributed by atoms with Gasteiger partial charge in [-0.2, -0.15) is 0 Å². The van der Waals surface area contributed by atoms with E-state index in [2.05, 4.69) is 0 Å². The van der Waals surface area contributed by atoms with Crippen molar-refractivity contribution in [3.05, 3.63) is 0 Å². The highest BCUT2D eigenvalue weighted by Crippen LogP contribution is 2.24. The molecule has 0 N–H and O–H groups in total. The summed E-state index contributed by atoms with van der Waals surface area (Å²) in [5.74, 6) is 1.43. The van der Waals surface area contributed by atoms with Crippen LogP contribution in [0.1, 0.15) is 32.6 Å². The molecule has 0 spiro atoms. The third-order valence-electron chi connectivity index (χ3n) is 3.58. The van der Waals surface area contributed by atoms with Crippen molar-refractivity contribution in [3.8, 4) is 0 Å². The van der Waals surface area contributed by atoms with Gasteiger partial charge < -0.3 is 9.80 Å². The number of amides is 2. The van der Waals surface area contributed by atoms with Gasteiger partial charge in [0.2, 0.25) is 11.8 Å². The predicted molar refractivity (Wildman–Crippen MR) is 68.7 cm³/mol. The summed E-state index contributed by atoms with van der Waals surface area (Å²) in [5, 5.41) is 0. The fourth-order valence-electron chi connectivity index (χ4n) is 2.65. The summed E-state index contributed by atoms with van der Waals surface area (Å²) in [6.07, 6.45) is 4.71. The van der Waals surface area contributed by atoms with Gasteiger partial charge in [0.1, 0.15) is 6.54 Å². The van der Waals surface area contributed by atoms with Crippen LogP contribution in [0.2, 0.25) is 0 Å². The van der Waals surface area contributed by atoms with Crippen LogP contribution in [-0.4, -0.2) is 52.4 Å². The van der Waals surface area contributed by atoms with Crippen molar-refractivity contribution in [2.75, 3.05) is 24.7 Å². The van der Waals surface area contributed by atoms with Crippen molar-refractivity contribution in [2.24, 2.45) is 0 Å². The Morgan fingerprint density at radius 3 is 2.71 bits per heavy atom. The molecule has 2 amide bonds. The standard InChI is InChI=1S/C12H20N2O2S/c1-2-14(10-5-3-4-6-10)11(15)7-13-9-17-8-12(13)16/h10H,2-9H2,1H3. The highest BCUT2D eigenvalue weighted by Gasteiger charge is 2.29. The van der Waals surface area contributed by atoms with Gasteiger partial charge in [0, 0.05) is 12.6 Å². The highest BCUT2D eigenvalue weighted by molar-refractivity contribution is 8.00. The van der Waals surface area contributed by atoms with Gasteiger partial charge in [-0.1, -0.05) is 12.8 Å². The Kier molecular flexibility index (Phi) is 4.31. The molecular formula is C12H20N2O2S. The number of hydrogen-bond donors (Lipinski definition) is 0. The second-order valence-corrected chi connectivity index (χ2v) is 5.64. The average molecular weight is 256 g/mol. The van der Waals surface area contributed by atoms with Crippen LogP contribution in [0.4, 0.5) is 0 Å². The van der Waals surface area contributed by atoms with Gasteiger partial charge in [0.25, 0.3) is 0 Å². The molecule has 0 aromatic rings. The van der Waals surface area contributed by atoms with Crippen LogP contribution in [0.3, 0.4) is 0 Å². The van der Waals surface area contributed by atoms with Crippen LogP contribution in [-0.2, 0) is 9.59 Å². The van der Waals surface area contributed by atoms with Crippen LogP contribution >= 0.6 is 11.8 Å². The fraction of sp³-hybridized carbons (Fsp3) is 0.833. The van der Waals surface area contributed by atoms with Gasteiger partial charge in [-0.3, -0.25) is 9.59 Å². The maximum atomic E-state index is 12.2. The van der Waals surface area contributed by atoms with Crippen LogP contribution in [0, 0.1) is 0 Å². The number of nitrogens with zero attached hydrogens (tertiary/aromatic N) is 2. The molecule has 0 aromatic heterocycles. The molecule has 1 heterocycles. The van der Waals surface area contributed by atoms with Crippen LogP contribution < -0.4 is 0 Å². The third-order valence-corrected chi connectivity index (χ3v) is 4.52. The molecule has 4 nitrogen and oxygen atoms in total. The van der Waals surface area contributed by atoms with Crippen molar-refractivity contribution in [1.82, 2.24) is 9.80 Å². The maximum Gasteiger partial charge on any atom is 0.242 e. The molecular weight excluding hydrogens is 236 g/mol. The first-order chi connectivity index (χ1) is 8.22. The molecule has 0 bridgehead atoms. The van der Waals surface area contributed by atoms with E-state index in [1.807, 2.05) is 11.8 Å². The SMILES string of the molecule is CCN(C(=O)CN1CSCC1=O)C1CCCC1. The zero-order valence-corrected chi connectivity index (χ0v) is 11.2. The maximum absolute atomic E-state index is 12.2. The van der Waals surface area contributed by atoms with Gasteiger partial charge in [0.05, 0.1) is 11.6 Å². The zero-order valence-electron chi connectivity index (χ0n) is 10.4. The highest BCUT2D eigenvalue weighted by atomic mass is 32.2. The van der Waals surface area contributed by atoms with E-state index >= 15 is 0 Å². The van der Waals surface area contributed by atoms with Gasteiger partial charge >= 0.3 is 0 Å². The summed E-state index contributed by atoms with van der Waals surface area (Å²) in [7, 11) is 0. The lowest BCUT2D eigenvalue weighted by molar-refractivity contribution is -0.139. The summed E-state index contributed by atoms with van der Waals surface area (Å²) >= 11 is 1.59. The second-order valence-electron chi connectivity index (χ2n) is 4.69. The van der Waals surface area contributed by atoms with E-state index in [4.69, 9.17) is 0 Å². The molecule has 2 aliphatic rings. The number of carbonyl (C=O) groups is 2. The quantitative estimate of drug-likeness (QED) is 0.761. The third kappa shape index (κ3) is 2.94. The molecule has 1 saturated carbocycles. The zero-order chi connectivity index (χ0) is 12.3. The first-order valence-electron chi connectivity index (χ1n) is 6.37. The minimum Gasteiger partial charge on any atom is -0.338 e. The Morgan fingerprint density at radius 2 is 2.18 bits per heavy atom. The Hall–Kier alpha value is -0.710. The van der Waals surface area contributed by atoms with E-state index in [-0.39, 0.29) is 18.4 Å². The normalized spacial score (nSPS) is 21.2. The van der Waals surface area contributed by atoms with Crippen LogP contribution in [0.5, 0.6) is 0 Å². The Labute approximate surface area is 107 Å². The molecule has 17 heavy (non-hydrogen) atoms. The van der Waals surface area contributed by atoms with Crippen molar-refractivity contribution in [3.63, 3.8) is 0 Å². The number of rotatable bonds is 4. The second kappa shape index (κ2) is 5.76. The predicted octanol–water partition coefficient (Wildman–Crippen LogP) is 1.31. The van der Waals surface area contributed by atoms with Crippen molar-refractivity contribution >= 4 is 23.6 Å². The summed E-state index contributed by atoms with van der Waals surface area (Å²) in [6, 6.07) is 0.415. The van der Waals surface area contributed by atoms with Crippen molar-refractivity contribution < 1.29 is 9.59 Å². The first-order valence-corrected chi connectivity index (χ1v) is 7.53. The molecule has 1 aliphatic heterocycles. The van der Waals surface area contributed by atoms with Crippen LogP contribution in [0.15, 0.2) is 0 Å². The molecule has 1 aliphatic carbocycles. The molecule has 2 rings (SSSR count). The van der Waals surface area contributed by atoms with Crippen molar-refractivity contribution in [1.29, 1.82) is 0 Å².